The van der Waals surface area contributed by atoms with Gasteiger partial charge < -0.3 is 16.8 Å². The SMILES string of the molecule is Cc1ccc(C(=N)C(=O)c2nc(C#N)cnc2NCc2ccc(-c3cnc(N)c(C(=N)N)c3)cc2)cc1. The Hall–Kier alpha value is -5.43. The molecule has 2 aromatic carbocycles. The van der Waals surface area contributed by atoms with E-state index >= 15 is 0 Å². The second-order valence-electron chi connectivity index (χ2n) is 8.26. The first-order valence-corrected chi connectivity index (χ1v) is 11.2. The van der Waals surface area contributed by atoms with Crippen molar-refractivity contribution in [1.82, 2.24) is 15.0 Å². The number of benzene rings is 2. The van der Waals surface area contributed by atoms with Crippen LogP contribution in [-0.2, 0) is 6.54 Å². The number of pyridine rings is 1. The average Bonchev–Trinajstić information content (AvgIpc) is 2.92. The van der Waals surface area contributed by atoms with Crippen LogP contribution >= 0.6 is 0 Å². The minimum Gasteiger partial charge on any atom is -0.384 e. The molecule has 10 nitrogen and oxygen atoms in total. The number of nitrogen functional groups attached to an aromatic ring is 2. The lowest BCUT2D eigenvalue weighted by molar-refractivity contribution is 0.106. The number of carbonyl (C=O) groups excluding carboxylic acids is 1. The first-order chi connectivity index (χ1) is 17.8. The number of Topliss-reactive ketones (excluding diaryl/α,β-unsaturated/α-hetero) is 1. The molecule has 2 aromatic heterocycles. The lowest BCUT2D eigenvalue weighted by Crippen LogP contribution is -2.20. The van der Waals surface area contributed by atoms with E-state index in [1.54, 1.807) is 24.4 Å². The van der Waals surface area contributed by atoms with E-state index in [-0.39, 0.29) is 34.6 Å². The number of anilines is 2. The number of amidine groups is 1. The third-order valence-electron chi connectivity index (χ3n) is 5.63. The van der Waals surface area contributed by atoms with Gasteiger partial charge in [-0.15, -0.1) is 0 Å². The molecular weight excluding hydrogens is 466 g/mol. The van der Waals surface area contributed by atoms with E-state index in [2.05, 4.69) is 20.3 Å². The molecule has 0 aliphatic heterocycles. The van der Waals surface area contributed by atoms with Crippen molar-refractivity contribution in [2.24, 2.45) is 5.73 Å². The molecule has 0 aliphatic carbocycles. The molecule has 0 amide bonds. The molecule has 0 fully saturated rings. The summed E-state index contributed by atoms with van der Waals surface area (Å²) >= 11 is 0. The molecular formula is C27H23N9O. The Balaban J connectivity index is 1.54. The number of hydrogen-bond donors (Lipinski definition) is 5. The minimum absolute atomic E-state index is 0.0167. The summed E-state index contributed by atoms with van der Waals surface area (Å²) in [6.07, 6.45) is 2.89. The Morgan fingerprint density at radius 1 is 1.03 bits per heavy atom. The number of aryl methyl sites for hydroxylation is 1. The maximum absolute atomic E-state index is 13.1. The molecule has 182 valence electrons. The Kier molecular flexibility index (Phi) is 6.97. The largest absolute Gasteiger partial charge is 0.384 e. The van der Waals surface area contributed by atoms with Crippen LogP contribution in [0.2, 0.25) is 0 Å². The standard InChI is InChI=1S/C27H23N9O/c1-15-2-6-18(7-3-15)22(29)24(37)23-27(35-14-20(11-28)36-23)34-12-16-4-8-17(9-5-16)19-10-21(25(30)31)26(32)33-13-19/h2-10,13-14,29H,12H2,1H3,(H3,30,31)(H2,32,33)(H,34,35). The third kappa shape index (κ3) is 5.47. The van der Waals surface area contributed by atoms with E-state index in [1.165, 1.54) is 6.20 Å². The number of nitriles is 1. The van der Waals surface area contributed by atoms with Crippen molar-refractivity contribution in [2.75, 3.05) is 11.1 Å². The molecule has 37 heavy (non-hydrogen) atoms. The molecule has 4 aromatic rings. The van der Waals surface area contributed by atoms with Crippen molar-refractivity contribution in [3.8, 4) is 17.2 Å². The van der Waals surface area contributed by atoms with Crippen molar-refractivity contribution in [3.63, 3.8) is 0 Å². The van der Waals surface area contributed by atoms with Crippen molar-refractivity contribution < 1.29 is 4.79 Å². The Bertz CT molecular complexity index is 1550. The van der Waals surface area contributed by atoms with Gasteiger partial charge in [0.1, 0.15) is 23.4 Å². The molecule has 0 radical (unpaired) electrons. The minimum atomic E-state index is -0.636. The number of nitrogens with one attached hydrogen (secondary N) is 3. The second-order valence-corrected chi connectivity index (χ2v) is 8.26. The summed E-state index contributed by atoms with van der Waals surface area (Å²) in [6.45, 7) is 2.24. The normalized spacial score (nSPS) is 10.4. The summed E-state index contributed by atoms with van der Waals surface area (Å²) in [7, 11) is 0. The number of aromatic nitrogens is 3. The molecule has 2 heterocycles. The Morgan fingerprint density at radius 2 is 1.73 bits per heavy atom. The van der Waals surface area contributed by atoms with Gasteiger partial charge in [0.05, 0.1) is 11.8 Å². The highest BCUT2D eigenvalue weighted by molar-refractivity contribution is 6.50. The number of nitrogens with two attached hydrogens (primary N) is 2. The molecule has 0 aliphatic rings. The summed E-state index contributed by atoms with van der Waals surface area (Å²) in [5.41, 5.74) is 15.4. The first kappa shape index (κ1) is 24.7. The van der Waals surface area contributed by atoms with Crippen molar-refractivity contribution in [2.45, 2.75) is 13.5 Å². The zero-order valence-corrected chi connectivity index (χ0v) is 19.9. The lowest BCUT2D eigenvalue weighted by atomic mass is 10.0. The van der Waals surface area contributed by atoms with Gasteiger partial charge in [-0.2, -0.15) is 5.26 Å². The molecule has 0 atom stereocenters. The van der Waals surface area contributed by atoms with Crippen LogP contribution in [0.1, 0.15) is 38.4 Å². The quantitative estimate of drug-likeness (QED) is 0.141. The fraction of sp³-hybridized carbons (Fsp3) is 0.0741. The Morgan fingerprint density at radius 3 is 2.38 bits per heavy atom. The number of rotatable bonds is 8. The summed E-state index contributed by atoms with van der Waals surface area (Å²) < 4.78 is 0. The molecule has 0 spiro atoms. The van der Waals surface area contributed by atoms with E-state index in [4.69, 9.17) is 22.3 Å². The molecule has 4 rings (SSSR count). The maximum Gasteiger partial charge on any atom is 0.233 e. The van der Waals surface area contributed by atoms with Crippen LogP contribution in [-0.4, -0.2) is 32.3 Å². The summed E-state index contributed by atoms with van der Waals surface area (Å²) in [5.74, 6) is -0.416. The predicted molar refractivity (Wildman–Crippen MR) is 142 cm³/mol. The molecule has 0 saturated carbocycles. The average molecular weight is 490 g/mol. The zero-order chi connectivity index (χ0) is 26.5. The van der Waals surface area contributed by atoms with Crippen LogP contribution in [0.4, 0.5) is 11.6 Å². The predicted octanol–water partition coefficient (Wildman–Crippen LogP) is 3.45. The van der Waals surface area contributed by atoms with E-state index in [0.29, 0.717) is 17.7 Å². The van der Waals surface area contributed by atoms with Crippen molar-refractivity contribution in [1.29, 1.82) is 16.1 Å². The summed E-state index contributed by atoms with van der Waals surface area (Å²) in [5, 5.41) is 28.3. The van der Waals surface area contributed by atoms with Crippen molar-refractivity contribution in [3.05, 3.63) is 101 Å². The second kappa shape index (κ2) is 10.5. The monoisotopic (exact) mass is 489 g/mol. The van der Waals surface area contributed by atoms with Gasteiger partial charge in [0.2, 0.25) is 5.78 Å². The molecule has 0 bridgehead atoms. The number of hydrogen-bond acceptors (Lipinski definition) is 9. The van der Waals surface area contributed by atoms with Gasteiger partial charge in [-0.05, 0) is 24.1 Å². The number of nitrogens with zero attached hydrogens (tertiary/aromatic N) is 4. The van der Waals surface area contributed by atoms with Crippen LogP contribution in [0.15, 0.2) is 67.0 Å². The van der Waals surface area contributed by atoms with Crippen molar-refractivity contribution >= 4 is 29.0 Å². The smallest absolute Gasteiger partial charge is 0.233 e. The summed E-state index contributed by atoms with van der Waals surface area (Å²) in [6, 6.07) is 18.2. The van der Waals surface area contributed by atoms with Crippen LogP contribution < -0.4 is 16.8 Å². The molecule has 10 heteroatoms. The maximum atomic E-state index is 13.1. The van der Waals surface area contributed by atoms with Crippen LogP contribution in [0.5, 0.6) is 0 Å². The zero-order valence-electron chi connectivity index (χ0n) is 19.9. The molecule has 0 saturated heterocycles. The van der Waals surface area contributed by atoms with Crippen LogP contribution in [0, 0.1) is 29.1 Å². The van der Waals surface area contributed by atoms with E-state index in [1.807, 2.05) is 49.4 Å². The van der Waals surface area contributed by atoms with Gasteiger partial charge >= 0.3 is 0 Å². The number of ketones is 1. The van der Waals surface area contributed by atoms with Gasteiger partial charge in [0.25, 0.3) is 0 Å². The highest BCUT2D eigenvalue weighted by Crippen LogP contribution is 2.23. The van der Waals surface area contributed by atoms with E-state index < -0.39 is 5.78 Å². The van der Waals surface area contributed by atoms with Crippen LogP contribution in [0.25, 0.3) is 11.1 Å². The van der Waals surface area contributed by atoms with Gasteiger partial charge in [-0.3, -0.25) is 15.6 Å². The van der Waals surface area contributed by atoms with E-state index in [9.17, 15) is 10.1 Å². The van der Waals surface area contributed by atoms with E-state index in [0.717, 1.165) is 22.3 Å². The summed E-state index contributed by atoms with van der Waals surface area (Å²) in [4.78, 5) is 25.6. The Labute approximate surface area is 213 Å². The fourth-order valence-corrected chi connectivity index (χ4v) is 3.55. The van der Waals surface area contributed by atoms with Gasteiger partial charge in [0.15, 0.2) is 17.2 Å². The van der Waals surface area contributed by atoms with Gasteiger partial charge in [0, 0.05) is 23.9 Å². The highest BCUT2D eigenvalue weighted by atomic mass is 16.1. The van der Waals surface area contributed by atoms with Crippen LogP contribution in [0.3, 0.4) is 0 Å². The lowest BCUT2D eigenvalue weighted by Gasteiger charge is -2.11. The highest BCUT2D eigenvalue weighted by Gasteiger charge is 2.21. The topological polar surface area (TPSA) is 191 Å². The van der Waals surface area contributed by atoms with Gasteiger partial charge in [-0.25, -0.2) is 15.0 Å². The fourth-order valence-electron chi connectivity index (χ4n) is 3.55. The molecule has 0 unspecified atom stereocenters. The first-order valence-electron chi connectivity index (χ1n) is 11.2. The number of carbonyl (C=O) groups is 1. The third-order valence-corrected chi connectivity index (χ3v) is 5.63. The molecule has 7 N–H and O–H groups in total. The van der Waals surface area contributed by atoms with Gasteiger partial charge in [-0.1, -0.05) is 54.1 Å².